The van der Waals surface area contributed by atoms with Crippen LogP contribution in [-0.4, -0.2) is 53.1 Å². The van der Waals surface area contributed by atoms with Gasteiger partial charge in [0.2, 0.25) is 0 Å². The summed E-state index contributed by atoms with van der Waals surface area (Å²) in [6.07, 6.45) is 0.935. The fourth-order valence-electron chi connectivity index (χ4n) is 2.93. The Kier molecular flexibility index (Phi) is 5.42. The lowest BCUT2D eigenvalue weighted by atomic mass is 10.0. The zero-order valence-corrected chi connectivity index (χ0v) is 13.2. The van der Waals surface area contributed by atoms with Crippen LogP contribution in [0.1, 0.15) is 43.5 Å². The van der Waals surface area contributed by atoms with Gasteiger partial charge in [0.15, 0.2) is 5.76 Å². The lowest BCUT2D eigenvalue weighted by Gasteiger charge is -2.24. The molecule has 2 atom stereocenters. The molecule has 2 heterocycles. The van der Waals surface area contributed by atoms with E-state index >= 15 is 0 Å². The standard InChI is InChI=1S/C16H26N2O3/c1-4-17(5-2)10-13-6-7-15(21-13)16(20)18-9-8-12(3)14(18)11-19/h6-7,12,14,19H,4-5,8-11H2,1-3H3. The van der Waals surface area contributed by atoms with E-state index in [1.165, 1.54) is 0 Å². The third kappa shape index (κ3) is 3.47. The number of hydrogen-bond acceptors (Lipinski definition) is 4. The first-order chi connectivity index (χ1) is 10.1. The molecule has 0 saturated carbocycles. The summed E-state index contributed by atoms with van der Waals surface area (Å²) in [6, 6.07) is 3.53. The first-order valence-electron chi connectivity index (χ1n) is 7.83. The molecule has 0 spiro atoms. The summed E-state index contributed by atoms with van der Waals surface area (Å²) in [6.45, 7) is 9.62. The van der Waals surface area contributed by atoms with Crippen LogP contribution in [0.3, 0.4) is 0 Å². The predicted octanol–water partition coefficient (Wildman–Crippen LogP) is 1.96. The van der Waals surface area contributed by atoms with E-state index in [2.05, 4.69) is 25.7 Å². The Hall–Kier alpha value is -1.33. The number of aliphatic hydroxyl groups excluding tert-OH is 1. The van der Waals surface area contributed by atoms with Crippen LogP contribution in [-0.2, 0) is 6.54 Å². The van der Waals surface area contributed by atoms with E-state index < -0.39 is 0 Å². The molecule has 0 radical (unpaired) electrons. The molecule has 1 aliphatic heterocycles. The average molecular weight is 294 g/mol. The normalized spacial score (nSPS) is 22.2. The van der Waals surface area contributed by atoms with E-state index in [1.807, 2.05) is 6.07 Å². The number of carbonyl (C=O) groups excluding carboxylic acids is 1. The van der Waals surface area contributed by atoms with Crippen LogP contribution in [0.2, 0.25) is 0 Å². The minimum absolute atomic E-state index is 0.0138. The smallest absolute Gasteiger partial charge is 0.289 e. The molecule has 21 heavy (non-hydrogen) atoms. The van der Waals surface area contributed by atoms with Crippen molar-refractivity contribution in [3.8, 4) is 0 Å². The number of hydrogen-bond donors (Lipinski definition) is 1. The molecule has 5 heteroatoms. The average Bonchev–Trinajstić information content (AvgIpc) is 3.10. The summed E-state index contributed by atoms with van der Waals surface area (Å²) in [5, 5.41) is 9.46. The van der Waals surface area contributed by atoms with Gasteiger partial charge in [0, 0.05) is 6.54 Å². The van der Waals surface area contributed by atoms with Crippen molar-refractivity contribution in [2.45, 2.75) is 39.8 Å². The molecular formula is C16H26N2O3. The van der Waals surface area contributed by atoms with Crippen molar-refractivity contribution in [1.82, 2.24) is 9.80 Å². The first kappa shape index (κ1) is 16.0. The van der Waals surface area contributed by atoms with Crippen LogP contribution in [0.4, 0.5) is 0 Å². The maximum Gasteiger partial charge on any atom is 0.289 e. The number of likely N-dealkylation sites (tertiary alicyclic amines) is 1. The highest BCUT2D eigenvalue weighted by atomic mass is 16.4. The van der Waals surface area contributed by atoms with Crippen molar-refractivity contribution in [3.63, 3.8) is 0 Å². The number of aliphatic hydroxyl groups is 1. The highest BCUT2D eigenvalue weighted by Gasteiger charge is 2.35. The first-order valence-corrected chi connectivity index (χ1v) is 7.83. The van der Waals surface area contributed by atoms with E-state index in [0.29, 0.717) is 18.2 Å². The van der Waals surface area contributed by atoms with Crippen LogP contribution in [0, 0.1) is 5.92 Å². The largest absolute Gasteiger partial charge is 0.455 e. The van der Waals surface area contributed by atoms with E-state index in [1.54, 1.807) is 11.0 Å². The molecular weight excluding hydrogens is 268 g/mol. The van der Waals surface area contributed by atoms with E-state index in [0.717, 1.165) is 31.8 Å². The molecule has 1 aromatic rings. The Morgan fingerprint density at radius 2 is 2.14 bits per heavy atom. The Balaban J connectivity index is 2.05. The van der Waals surface area contributed by atoms with Gasteiger partial charge in [0.05, 0.1) is 19.2 Å². The van der Waals surface area contributed by atoms with Gasteiger partial charge in [-0.05, 0) is 37.6 Å². The van der Waals surface area contributed by atoms with Crippen molar-refractivity contribution < 1.29 is 14.3 Å². The minimum atomic E-state index is -0.107. The van der Waals surface area contributed by atoms with Crippen LogP contribution >= 0.6 is 0 Å². The fourth-order valence-corrected chi connectivity index (χ4v) is 2.93. The van der Waals surface area contributed by atoms with Crippen molar-refractivity contribution in [2.75, 3.05) is 26.2 Å². The van der Waals surface area contributed by atoms with Crippen LogP contribution < -0.4 is 0 Å². The summed E-state index contributed by atoms with van der Waals surface area (Å²) in [5.41, 5.74) is 0. The number of rotatable bonds is 6. The molecule has 0 aromatic carbocycles. The van der Waals surface area contributed by atoms with E-state index in [4.69, 9.17) is 4.42 Å². The summed E-state index contributed by atoms with van der Waals surface area (Å²) in [7, 11) is 0. The Morgan fingerprint density at radius 1 is 1.43 bits per heavy atom. The van der Waals surface area contributed by atoms with Crippen LogP contribution in [0.15, 0.2) is 16.5 Å². The predicted molar refractivity (Wildman–Crippen MR) is 81.0 cm³/mol. The SMILES string of the molecule is CCN(CC)Cc1ccc(C(=O)N2CCC(C)C2CO)o1. The van der Waals surface area contributed by atoms with Gasteiger partial charge in [-0.1, -0.05) is 20.8 Å². The van der Waals surface area contributed by atoms with Gasteiger partial charge < -0.3 is 14.4 Å². The van der Waals surface area contributed by atoms with E-state index in [-0.39, 0.29) is 18.6 Å². The Bertz CT molecular complexity index is 468. The highest BCUT2D eigenvalue weighted by molar-refractivity contribution is 5.92. The molecule has 1 N–H and O–H groups in total. The van der Waals surface area contributed by atoms with Gasteiger partial charge in [-0.2, -0.15) is 0 Å². The van der Waals surface area contributed by atoms with Crippen molar-refractivity contribution in [3.05, 3.63) is 23.7 Å². The van der Waals surface area contributed by atoms with Crippen LogP contribution in [0.5, 0.6) is 0 Å². The molecule has 118 valence electrons. The number of furan rings is 1. The minimum Gasteiger partial charge on any atom is -0.455 e. The monoisotopic (exact) mass is 294 g/mol. The molecule has 1 saturated heterocycles. The van der Waals surface area contributed by atoms with Crippen molar-refractivity contribution in [2.24, 2.45) is 5.92 Å². The Morgan fingerprint density at radius 3 is 2.76 bits per heavy atom. The lowest BCUT2D eigenvalue weighted by Crippen LogP contribution is -2.39. The maximum atomic E-state index is 12.5. The molecule has 1 fully saturated rings. The van der Waals surface area contributed by atoms with Gasteiger partial charge in [0.25, 0.3) is 5.91 Å². The van der Waals surface area contributed by atoms with Crippen LogP contribution in [0.25, 0.3) is 0 Å². The maximum absolute atomic E-state index is 12.5. The second kappa shape index (κ2) is 7.09. The molecule has 1 aliphatic rings. The van der Waals surface area contributed by atoms with Crippen molar-refractivity contribution in [1.29, 1.82) is 0 Å². The molecule has 2 unspecified atom stereocenters. The molecule has 1 aromatic heterocycles. The van der Waals surface area contributed by atoms with E-state index in [9.17, 15) is 9.90 Å². The Labute approximate surface area is 126 Å². The summed E-state index contributed by atoms with van der Waals surface area (Å²) in [5.74, 6) is 1.42. The number of amides is 1. The third-order valence-electron chi connectivity index (χ3n) is 4.48. The van der Waals surface area contributed by atoms with Gasteiger partial charge in [-0.3, -0.25) is 9.69 Å². The topological polar surface area (TPSA) is 56.9 Å². The number of carbonyl (C=O) groups is 1. The third-order valence-corrected chi connectivity index (χ3v) is 4.48. The zero-order valence-electron chi connectivity index (χ0n) is 13.2. The highest BCUT2D eigenvalue weighted by Crippen LogP contribution is 2.26. The second-order valence-corrected chi connectivity index (χ2v) is 5.74. The quantitative estimate of drug-likeness (QED) is 0.871. The molecule has 2 rings (SSSR count). The van der Waals surface area contributed by atoms with Gasteiger partial charge in [-0.25, -0.2) is 0 Å². The number of nitrogens with zero attached hydrogens (tertiary/aromatic N) is 2. The fraction of sp³-hybridized carbons (Fsp3) is 0.688. The van der Waals surface area contributed by atoms with Gasteiger partial charge >= 0.3 is 0 Å². The summed E-state index contributed by atoms with van der Waals surface area (Å²) < 4.78 is 5.71. The van der Waals surface area contributed by atoms with Crippen molar-refractivity contribution >= 4 is 5.91 Å². The molecule has 0 aliphatic carbocycles. The molecule has 5 nitrogen and oxygen atoms in total. The summed E-state index contributed by atoms with van der Waals surface area (Å²) in [4.78, 5) is 16.5. The zero-order chi connectivity index (χ0) is 15.4. The summed E-state index contributed by atoms with van der Waals surface area (Å²) >= 11 is 0. The molecule has 0 bridgehead atoms. The second-order valence-electron chi connectivity index (χ2n) is 5.74. The lowest BCUT2D eigenvalue weighted by molar-refractivity contribution is 0.0613. The van der Waals surface area contributed by atoms with Gasteiger partial charge in [0.1, 0.15) is 5.76 Å². The molecule has 1 amide bonds. The van der Waals surface area contributed by atoms with Gasteiger partial charge in [-0.15, -0.1) is 0 Å².